The van der Waals surface area contributed by atoms with Crippen molar-refractivity contribution in [2.24, 2.45) is 0 Å². The van der Waals surface area contributed by atoms with Crippen molar-refractivity contribution in [1.29, 1.82) is 0 Å². The lowest BCUT2D eigenvalue weighted by Gasteiger charge is -2.21. The summed E-state index contributed by atoms with van der Waals surface area (Å²) in [5, 5.41) is 0. The maximum atomic E-state index is 12.6. The Labute approximate surface area is 123 Å². The van der Waals surface area contributed by atoms with Crippen LogP contribution in [0.2, 0.25) is 0 Å². The van der Waals surface area contributed by atoms with E-state index in [1.807, 2.05) is 6.92 Å². The van der Waals surface area contributed by atoms with Gasteiger partial charge in [-0.2, -0.15) is 4.31 Å². The SMILES string of the molecule is C=CCN(CCC)S(=O)(=O)c1cc(N)c(Br)cc1C. The maximum Gasteiger partial charge on any atom is 0.243 e. The first-order valence-electron chi connectivity index (χ1n) is 6.01. The lowest BCUT2D eigenvalue weighted by molar-refractivity contribution is 0.441. The molecule has 0 amide bonds. The maximum absolute atomic E-state index is 12.6. The summed E-state index contributed by atoms with van der Waals surface area (Å²) in [6.07, 6.45) is 2.34. The number of aryl methyl sites for hydroxylation is 1. The van der Waals surface area contributed by atoms with E-state index in [0.29, 0.717) is 28.8 Å². The molecule has 19 heavy (non-hydrogen) atoms. The molecule has 4 nitrogen and oxygen atoms in total. The summed E-state index contributed by atoms with van der Waals surface area (Å²) in [4.78, 5) is 0.253. The zero-order chi connectivity index (χ0) is 14.6. The lowest BCUT2D eigenvalue weighted by Crippen LogP contribution is -2.32. The Balaban J connectivity index is 3.32. The molecule has 0 atom stereocenters. The number of hydrogen-bond acceptors (Lipinski definition) is 3. The van der Waals surface area contributed by atoms with Gasteiger partial charge in [0, 0.05) is 23.2 Å². The largest absolute Gasteiger partial charge is 0.398 e. The summed E-state index contributed by atoms with van der Waals surface area (Å²) in [5.74, 6) is 0. The van der Waals surface area contributed by atoms with Gasteiger partial charge in [-0.15, -0.1) is 6.58 Å². The number of sulfonamides is 1. The third kappa shape index (κ3) is 3.58. The van der Waals surface area contributed by atoms with E-state index >= 15 is 0 Å². The third-order valence-electron chi connectivity index (χ3n) is 2.72. The van der Waals surface area contributed by atoms with Crippen LogP contribution in [-0.2, 0) is 10.0 Å². The fourth-order valence-corrected chi connectivity index (χ4v) is 3.99. The minimum absolute atomic E-state index is 0.253. The zero-order valence-corrected chi connectivity index (χ0v) is 13.6. The molecule has 0 radical (unpaired) electrons. The molecular formula is C13H19BrN2O2S. The molecule has 0 fully saturated rings. The number of nitrogen functional groups attached to an aromatic ring is 1. The molecule has 0 unspecified atom stereocenters. The molecule has 0 aromatic heterocycles. The van der Waals surface area contributed by atoms with Gasteiger partial charge >= 0.3 is 0 Å². The van der Waals surface area contributed by atoms with Crippen LogP contribution in [0, 0.1) is 6.92 Å². The van der Waals surface area contributed by atoms with Crippen LogP contribution >= 0.6 is 15.9 Å². The van der Waals surface area contributed by atoms with Crippen molar-refractivity contribution >= 4 is 31.6 Å². The standard InChI is InChI=1S/C13H19BrN2O2S/c1-4-6-16(7-5-2)19(17,18)13-9-12(15)11(14)8-10(13)3/h4,8-9H,1,5-7,15H2,2-3H3. The second kappa shape index (κ2) is 6.54. The first-order valence-corrected chi connectivity index (χ1v) is 8.24. The lowest BCUT2D eigenvalue weighted by atomic mass is 10.2. The van der Waals surface area contributed by atoms with Crippen molar-refractivity contribution < 1.29 is 8.42 Å². The highest BCUT2D eigenvalue weighted by Crippen LogP contribution is 2.28. The molecule has 2 N–H and O–H groups in total. The van der Waals surface area contributed by atoms with Gasteiger partial charge in [-0.3, -0.25) is 0 Å². The van der Waals surface area contributed by atoms with Gasteiger partial charge in [0.05, 0.1) is 4.90 Å². The summed E-state index contributed by atoms with van der Waals surface area (Å²) >= 11 is 3.30. The summed E-state index contributed by atoms with van der Waals surface area (Å²) in [6, 6.07) is 3.22. The molecule has 106 valence electrons. The van der Waals surface area contributed by atoms with Crippen molar-refractivity contribution in [2.75, 3.05) is 18.8 Å². The monoisotopic (exact) mass is 346 g/mol. The van der Waals surface area contributed by atoms with Crippen LogP contribution in [0.25, 0.3) is 0 Å². The van der Waals surface area contributed by atoms with Crippen LogP contribution in [0.1, 0.15) is 18.9 Å². The van der Waals surface area contributed by atoms with Gasteiger partial charge in [0.2, 0.25) is 10.0 Å². The van der Waals surface area contributed by atoms with Gasteiger partial charge in [0.1, 0.15) is 0 Å². The Morgan fingerprint density at radius 2 is 2.11 bits per heavy atom. The number of nitrogens with zero attached hydrogens (tertiary/aromatic N) is 1. The van der Waals surface area contributed by atoms with Crippen LogP contribution in [0.5, 0.6) is 0 Å². The van der Waals surface area contributed by atoms with E-state index in [2.05, 4.69) is 22.5 Å². The third-order valence-corrected chi connectivity index (χ3v) is 5.41. The van der Waals surface area contributed by atoms with E-state index in [1.165, 1.54) is 10.4 Å². The average molecular weight is 347 g/mol. The van der Waals surface area contributed by atoms with Crippen molar-refractivity contribution in [3.63, 3.8) is 0 Å². The first-order chi connectivity index (χ1) is 8.84. The predicted molar refractivity (Wildman–Crippen MR) is 82.5 cm³/mol. The topological polar surface area (TPSA) is 63.4 Å². The van der Waals surface area contributed by atoms with Crippen LogP contribution in [0.15, 0.2) is 34.2 Å². The summed E-state index contributed by atoms with van der Waals surface area (Å²) in [7, 11) is -3.53. The number of benzene rings is 1. The highest BCUT2D eigenvalue weighted by molar-refractivity contribution is 9.10. The van der Waals surface area contributed by atoms with Gasteiger partial charge in [0.25, 0.3) is 0 Å². The minimum Gasteiger partial charge on any atom is -0.398 e. The zero-order valence-electron chi connectivity index (χ0n) is 11.2. The van der Waals surface area contributed by atoms with E-state index < -0.39 is 10.0 Å². The molecule has 0 saturated heterocycles. The van der Waals surface area contributed by atoms with Gasteiger partial charge in [-0.25, -0.2) is 8.42 Å². The highest BCUT2D eigenvalue weighted by atomic mass is 79.9. The molecule has 0 aliphatic carbocycles. The van der Waals surface area contributed by atoms with E-state index in [-0.39, 0.29) is 4.90 Å². The van der Waals surface area contributed by atoms with Gasteiger partial charge in [-0.05, 0) is 47.0 Å². The Hall–Kier alpha value is -0.850. The molecule has 1 rings (SSSR count). The van der Waals surface area contributed by atoms with Crippen molar-refractivity contribution in [3.05, 3.63) is 34.8 Å². The van der Waals surface area contributed by atoms with E-state index in [9.17, 15) is 8.42 Å². The minimum atomic E-state index is -3.53. The molecule has 1 aromatic carbocycles. The molecule has 0 aliphatic heterocycles. The van der Waals surface area contributed by atoms with E-state index in [1.54, 1.807) is 19.1 Å². The van der Waals surface area contributed by atoms with Crippen LogP contribution < -0.4 is 5.73 Å². The Morgan fingerprint density at radius 3 is 2.63 bits per heavy atom. The Bertz CT molecular complexity index is 570. The smallest absolute Gasteiger partial charge is 0.243 e. The van der Waals surface area contributed by atoms with Crippen molar-refractivity contribution in [3.8, 4) is 0 Å². The second-order valence-electron chi connectivity index (χ2n) is 4.29. The molecule has 6 heteroatoms. The van der Waals surface area contributed by atoms with E-state index in [0.717, 1.165) is 6.42 Å². The Kier molecular flexibility index (Phi) is 5.58. The number of anilines is 1. The quantitative estimate of drug-likeness (QED) is 0.636. The van der Waals surface area contributed by atoms with Crippen LogP contribution in [0.4, 0.5) is 5.69 Å². The molecule has 0 heterocycles. The van der Waals surface area contributed by atoms with Crippen LogP contribution in [-0.4, -0.2) is 25.8 Å². The number of halogens is 1. The molecule has 0 aliphatic rings. The molecule has 0 spiro atoms. The number of nitrogens with two attached hydrogens (primary N) is 1. The van der Waals surface area contributed by atoms with Gasteiger partial charge < -0.3 is 5.73 Å². The number of rotatable bonds is 6. The molecule has 1 aromatic rings. The molecule has 0 saturated carbocycles. The fourth-order valence-electron chi connectivity index (χ4n) is 1.79. The first kappa shape index (κ1) is 16.2. The predicted octanol–water partition coefficient (Wildman–Crippen LogP) is 2.93. The van der Waals surface area contributed by atoms with E-state index in [4.69, 9.17) is 5.73 Å². The number of hydrogen-bond donors (Lipinski definition) is 1. The second-order valence-corrected chi connectivity index (χ2v) is 7.05. The molecular weight excluding hydrogens is 328 g/mol. The van der Waals surface area contributed by atoms with Gasteiger partial charge in [0.15, 0.2) is 0 Å². The normalized spacial score (nSPS) is 11.8. The fraction of sp³-hybridized carbons (Fsp3) is 0.385. The van der Waals surface area contributed by atoms with Gasteiger partial charge in [-0.1, -0.05) is 13.0 Å². The summed E-state index contributed by atoms with van der Waals surface area (Å²) < 4.78 is 27.3. The molecule has 0 bridgehead atoms. The highest BCUT2D eigenvalue weighted by Gasteiger charge is 2.25. The van der Waals surface area contributed by atoms with Crippen LogP contribution in [0.3, 0.4) is 0 Å². The van der Waals surface area contributed by atoms with Crippen molar-refractivity contribution in [1.82, 2.24) is 4.31 Å². The van der Waals surface area contributed by atoms with Crippen molar-refractivity contribution in [2.45, 2.75) is 25.2 Å². The summed E-state index contributed by atoms with van der Waals surface area (Å²) in [5.41, 5.74) is 6.87. The Morgan fingerprint density at radius 1 is 1.47 bits per heavy atom. The average Bonchev–Trinajstić information content (AvgIpc) is 2.33. The summed E-state index contributed by atoms with van der Waals surface area (Å²) in [6.45, 7) is 8.06.